The van der Waals surface area contributed by atoms with Gasteiger partial charge in [0.1, 0.15) is 5.69 Å². The molecule has 116 valence electrons. The third kappa shape index (κ3) is 2.81. The molecule has 1 N–H and O–H groups in total. The minimum atomic E-state index is 0.0172. The van der Waals surface area contributed by atoms with Crippen molar-refractivity contribution in [3.63, 3.8) is 0 Å². The van der Waals surface area contributed by atoms with Crippen molar-refractivity contribution in [2.75, 3.05) is 13.7 Å². The quantitative estimate of drug-likeness (QED) is 0.886. The number of rotatable bonds is 6. The lowest BCUT2D eigenvalue weighted by atomic mass is 10.0. The third-order valence-electron chi connectivity index (χ3n) is 3.77. The van der Waals surface area contributed by atoms with E-state index in [-0.39, 0.29) is 12.1 Å². The van der Waals surface area contributed by atoms with Crippen LogP contribution in [0.1, 0.15) is 49.8 Å². The molecule has 0 aliphatic rings. The van der Waals surface area contributed by atoms with Gasteiger partial charge in [0.15, 0.2) is 5.75 Å². The molecule has 1 atom stereocenters. The van der Waals surface area contributed by atoms with Crippen LogP contribution in [0.5, 0.6) is 5.75 Å². The molecule has 0 fully saturated rings. The zero-order valence-corrected chi connectivity index (χ0v) is 13.7. The zero-order valence-electron chi connectivity index (χ0n) is 13.7. The van der Waals surface area contributed by atoms with E-state index in [2.05, 4.69) is 43.2 Å². The Morgan fingerprint density at radius 3 is 2.48 bits per heavy atom. The van der Waals surface area contributed by atoms with Crippen LogP contribution in [-0.4, -0.2) is 33.2 Å². The van der Waals surface area contributed by atoms with E-state index in [0.29, 0.717) is 0 Å². The molecule has 6 nitrogen and oxygen atoms in total. The molecule has 2 aromatic rings. The smallest absolute Gasteiger partial charge is 0.161 e. The number of aryl methyl sites for hydroxylation is 1. The molecular weight excluding hydrogens is 266 g/mol. The molecule has 0 amide bonds. The molecule has 21 heavy (non-hydrogen) atoms. The fourth-order valence-corrected chi connectivity index (χ4v) is 2.56. The van der Waals surface area contributed by atoms with Crippen LogP contribution in [0, 0.1) is 6.92 Å². The standard InChI is InChI=1S/C15H25N5O/c1-7-16-14(12-8-17-19(5)11(12)4)15-13(21-6)9-18-20(15)10(2)3/h8-10,14,16H,7H2,1-6H3. The minimum absolute atomic E-state index is 0.0172. The first-order valence-corrected chi connectivity index (χ1v) is 7.34. The molecule has 0 radical (unpaired) electrons. The number of hydrogen-bond acceptors (Lipinski definition) is 4. The van der Waals surface area contributed by atoms with Crippen LogP contribution in [-0.2, 0) is 7.05 Å². The summed E-state index contributed by atoms with van der Waals surface area (Å²) in [4.78, 5) is 0. The Morgan fingerprint density at radius 2 is 2.00 bits per heavy atom. The van der Waals surface area contributed by atoms with Crippen LogP contribution >= 0.6 is 0 Å². The lowest BCUT2D eigenvalue weighted by Crippen LogP contribution is -2.26. The average molecular weight is 291 g/mol. The normalized spacial score (nSPS) is 12.9. The number of methoxy groups -OCH3 is 1. The van der Waals surface area contributed by atoms with E-state index in [0.717, 1.165) is 29.2 Å². The molecule has 0 bridgehead atoms. The minimum Gasteiger partial charge on any atom is -0.493 e. The second-order valence-corrected chi connectivity index (χ2v) is 5.44. The summed E-state index contributed by atoms with van der Waals surface area (Å²) in [5.74, 6) is 0.804. The summed E-state index contributed by atoms with van der Waals surface area (Å²) in [5.41, 5.74) is 3.34. The van der Waals surface area contributed by atoms with Gasteiger partial charge in [0.05, 0.1) is 25.5 Å². The van der Waals surface area contributed by atoms with Gasteiger partial charge in [-0.2, -0.15) is 10.2 Å². The molecule has 1 unspecified atom stereocenters. The molecule has 2 aromatic heterocycles. The van der Waals surface area contributed by atoms with Gasteiger partial charge in [0, 0.05) is 24.3 Å². The van der Waals surface area contributed by atoms with Crippen LogP contribution in [0.4, 0.5) is 0 Å². The Kier molecular flexibility index (Phi) is 4.67. The van der Waals surface area contributed by atoms with E-state index in [9.17, 15) is 0 Å². The predicted octanol–water partition coefficient (Wildman–Crippen LogP) is 2.21. The molecule has 2 rings (SSSR count). The van der Waals surface area contributed by atoms with E-state index in [1.165, 1.54) is 0 Å². The van der Waals surface area contributed by atoms with Crippen LogP contribution in [0.2, 0.25) is 0 Å². The SMILES string of the molecule is CCNC(c1cnn(C)c1C)c1c(OC)cnn1C(C)C. The van der Waals surface area contributed by atoms with Crippen LogP contribution < -0.4 is 10.1 Å². The zero-order chi connectivity index (χ0) is 15.6. The number of nitrogens with one attached hydrogen (secondary N) is 1. The second kappa shape index (κ2) is 6.30. The van der Waals surface area contributed by atoms with Gasteiger partial charge in [-0.25, -0.2) is 0 Å². The van der Waals surface area contributed by atoms with Gasteiger partial charge < -0.3 is 10.1 Å². The maximum absolute atomic E-state index is 5.52. The van der Waals surface area contributed by atoms with Crippen LogP contribution in [0.3, 0.4) is 0 Å². The van der Waals surface area contributed by atoms with Crippen LogP contribution in [0.15, 0.2) is 12.4 Å². The number of nitrogens with zero attached hydrogens (tertiary/aromatic N) is 4. The summed E-state index contributed by atoms with van der Waals surface area (Å²) in [7, 11) is 3.64. The summed E-state index contributed by atoms with van der Waals surface area (Å²) in [5, 5.41) is 12.4. The molecule has 0 aliphatic heterocycles. The Balaban J connectivity index is 2.57. The van der Waals surface area contributed by atoms with E-state index in [1.54, 1.807) is 13.3 Å². The fraction of sp³-hybridized carbons (Fsp3) is 0.600. The maximum Gasteiger partial charge on any atom is 0.161 e. The first-order chi connectivity index (χ1) is 10.0. The van der Waals surface area contributed by atoms with Gasteiger partial charge in [-0.3, -0.25) is 9.36 Å². The Hall–Kier alpha value is -1.82. The van der Waals surface area contributed by atoms with Crippen molar-refractivity contribution in [1.29, 1.82) is 0 Å². The van der Waals surface area contributed by atoms with Crippen molar-refractivity contribution in [1.82, 2.24) is 24.9 Å². The van der Waals surface area contributed by atoms with Crippen molar-refractivity contribution in [3.8, 4) is 5.75 Å². The Bertz CT molecular complexity index is 599. The molecule has 0 spiro atoms. The molecule has 0 aliphatic carbocycles. The Labute approximate surface area is 126 Å². The van der Waals surface area contributed by atoms with E-state index in [1.807, 2.05) is 22.6 Å². The van der Waals surface area contributed by atoms with Gasteiger partial charge in [-0.05, 0) is 27.3 Å². The van der Waals surface area contributed by atoms with Crippen molar-refractivity contribution >= 4 is 0 Å². The van der Waals surface area contributed by atoms with Crippen molar-refractivity contribution in [2.45, 2.75) is 39.8 Å². The predicted molar refractivity (Wildman–Crippen MR) is 82.6 cm³/mol. The monoisotopic (exact) mass is 291 g/mol. The summed E-state index contributed by atoms with van der Waals surface area (Å²) >= 11 is 0. The van der Waals surface area contributed by atoms with Crippen LogP contribution in [0.25, 0.3) is 0 Å². The highest BCUT2D eigenvalue weighted by molar-refractivity contribution is 5.37. The van der Waals surface area contributed by atoms with Gasteiger partial charge in [0.2, 0.25) is 0 Å². The highest BCUT2D eigenvalue weighted by Gasteiger charge is 2.26. The largest absolute Gasteiger partial charge is 0.493 e. The lowest BCUT2D eigenvalue weighted by molar-refractivity contribution is 0.394. The maximum atomic E-state index is 5.52. The molecular formula is C15H25N5O. The number of aromatic nitrogens is 4. The molecule has 0 aromatic carbocycles. The summed E-state index contributed by atoms with van der Waals surface area (Å²) in [6.45, 7) is 9.27. The second-order valence-electron chi connectivity index (χ2n) is 5.44. The summed E-state index contributed by atoms with van der Waals surface area (Å²) < 4.78 is 9.42. The van der Waals surface area contributed by atoms with E-state index in [4.69, 9.17) is 4.74 Å². The summed E-state index contributed by atoms with van der Waals surface area (Å²) in [6.07, 6.45) is 3.70. The van der Waals surface area contributed by atoms with E-state index >= 15 is 0 Å². The van der Waals surface area contributed by atoms with Gasteiger partial charge in [0.25, 0.3) is 0 Å². The molecule has 0 saturated carbocycles. The first-order valence-electron chi connectivity index (χ1n) is 7.34. The first kappa shape index (κ1) is 15.6. The third-order valence-corrected chi connectivity index (χ3v) is 3.77. The van der Waals surface area contributed by atoms with Crippen molar-refractivity contribution < 1.29 is 4.74 Å². The van der Waals surface area contributed by atoms with Gasteiger partial charge in [-0.1, -0.05) is 6.92 Å². The topological polar surface area (TPSA) is 56.9 Å². The summed E-state index contributed by atoms with van der Waals surface area (Å²) in [6, 6.07) is 0.283. The number of hydrogen-bond donors (Lipinski definition) is 1. The highest BCUT2D eigenvalue weighted by Crippen LogP contribution is 2.33. The highest BCUT2D eigenvalue weighted by atomic mass is 16.5. The molecule has 2 heterocycles. The average Bonchev–Trinajstić information content (AvgIpc) is 3.02. The number of ether oxygens (including phenoxy) is 1. The van der Waals surface area contributed by atoms with E-state index < -0.39 is 0 Å². The van der Waals surface area contributed by atoms with Crippen molar-refractivity contribution in [3.05, 3.63) is 29.3 Å². The lowest BCUT2D eigenvalue weighted by Gasteiger charge is -2.22. The molecule has 0 saturated heterocycles. The molecule has 6 heteroatoms. The fourth-order valence-electron chi connectivity index (χ4n) is 2.56. The Morgan fingerprint density at radius 1 is 1.29 bits per heavy atom. The van der Waals surface area contributed by atoms with Gasteiger partial charge >= 0.3 is 0 Å². The van der Waals surface area contributed by atoms with Crippen molar-refractivity contribution in [2.24, 2.45) is 7.05 Å². The van der Waals surface area contributed by atoms with Gasteiger partial charge in [-0.15, -0.1) is 0 Å².